The molecule has 0 aliphatic rings. The van der Waals surface area contributed by atoms with Crippen LogP contribution in [0.2, 0.25) is 0 Å². The van der Waals surface area contributed by atoms with Crippen LogP contribution in [0, 0.1) is 12.7 Å². The van der Waals surface area contributed by atoms with Crippen molar-refractivity contribution in [2.45, 2.75) is 20.4 Å². The van der Waals surface area contributed by atoms with Crippen LogP contribution in [0.3, 0.4) is 0 Å². The van der Waals surface area contributed by atoms with E-state index in [0.29, 0.717) is 11.3 Å². The van der Waals surface area contributed by atoms with Crippen LogP contribution in [0.15, 0.2) is 42.5 Å². The first-order valence-electron chi connectivity index (χ1n) is 6.96. The summed E-state index contributed by atoms with van der Waals surface area (Å²) >= 11 is 0. The van der Waals surface area contributed by atoms with Crippen LogP contribution in [0.1, 0.15) is 28.4 Å². The second kappa shape index (κ2) is 6.99. The standard InChI is InChI=1S/C17H19FN2O/c1-3-19-11-13-5-4-6-16(9-13)20-17(21)14-7-12(2)8-15(18)10-14/h4-10,19H,3,11H2,1-2H3,(H,20,21). The Balaban J connectivity index is 2.11. The average molecular weight is 286 g/mol. The van der Waals surface area contributed by atoms with Gasteiger partial charge in [-0.25, -0.2) is 4.39 Å². The van der Waals surface area contributed by atoms with Crippen molar-refractivity contribution in [1.29, 1.82) is 0 Å². The summed E-state index contributed by atoms with van der Waals surface area (Å²) in [6.07, 6.45) is 0. The van der Waals surface area contributed by atoms with E-state index in [-0.39, 0.29) is 5.91 Å². The molecule has 0 fully saturated rings. The zero-order chi connectivity index (χ0) is 15.2. The highest BCUT2D eigenvalue weighted by Gasteiger charge is 2.08. The number of amides is 1. The number of hydrogen-bond acceptors (Lipinski definition) is 2. The van der Waals surface area contributed by atoms with Crippen molar-refractivity contribution in [3.63, 3.8) is 0 Å². The molecule has 110 valence electrons. The van der Waals surface area contributed by atoms with Crippen molar-refractivity contribution in [1.82, 2.24) is 5.32 Å². The molecule has 0 aromatic heterocycles. The van der Waals surface area contributed by atoms with E-state index in [0.717, 1.165) is 24.2 Å². The van der Waals surface area contributed by atoms with Gasteiger partial charge in [0, 0.05) is 17.8 Å². The smallest absolute Gasteiger partial charge is 0.255 e. The van der Waals surface area contributed by atoms with Gasteiger partial charge >= 0.3 is 0 Å². The topological polar surface area (TPSA) is 41.1 Å². The predicted octanol–water partition coefficient (Wildman–Crippen LogP) is 3.50. The van der Waals surface area contributed by atoms with Crippen molar-refractivity contribution in [2.24, 2.45) is 0 Å². The van der Waals surface area contributed by atoms with Crippen molar-refractivity contribution in [2.75, 3.05) is 11.9 Å². The number of halogens is 1. The van der Waals surface area contributed by atoms with Gasteiger partial charge in [-0.05, 0) is 54.9 Å². The van der Waals surface area contributed by atoms with E-state index in [4.69, 9.17) is 0 Å². The lowest BCUT2D eigenvalue weighted by Crippen LogP contribution is -2.14. The van der Waals surface area contributed by atoms with Crippen molar-refractivity contribution in [3.05, 3.63) is 65.0 Å². The Bertz CT molecular complexity index is 620. The zero-order valence-corrected chi connectivity index (χ0v) is 12.2. The monoisotopic (exact) mass is 286 g/mol. The molecule has 0 spiro atoms. The minimum Gasteiger partial charge on any atom is -0.322 e. The van der Waals surface area contributed by atoms with Crippen LogP contribution in [0.4, 0.5) is 10.1 Å². The summed E-state index contributed by atoms with van der Waals surface area (Å²) in [4.78, 5) is 12.2. The molecule has 2 rings (SSSR count). The molecule has 0 heterocycles. The van der Waals surface area contributed by atoms with Gasteiger partial charge in [0.05, 0.1) is 0 Å². The molecule has 2 aromatic carbocycles. The Morgan fingerprint density at radius 2 is 2.00 bits per heavy atom. The van der Waals surface area contributed by atoms with E-state index in [1.54, 1.807) is 13.0 Å². The van der Waals surface area contributed by atoms with Crippen molar-refractivity contribution < 1.29 is 9.18 Å². The SMILES string of the molecule is CCNCc1cccc(NC(=O)c2cc(C)cc(F)c2)c1. The summed E-state index contributed by atoms with van der Waals surface area (Å²) < 4.78 is 13.3. The molecular weight excluding hydrogens is 267 g/mol. The lowest BCUT2D eigenvalue weighted by Gasteiger charge is -2.08. The molecule has 21 heavy (non-hydrogen) atoms. The maximum absolute atomic E-state index is 13.3. The average Bonchev–Trinajstić information content (AvgIpc) is 2.44. The summed E-state index contributed by atoms with van der Waals surface area (Å²) in [7, 11) is 0. The molecule has 0 atom stereocenters. The van der Waals surface area contributed by atoms with Gasteiger partial charge in [-0.1, -0.05) is 19.1 Å². The molecule has 1 amide bonds. The van der Waals surface area contributed by atoms with E-state index in [9.17, 15) is 9.18 Å². The van der Waals surface area contributed by atoms with Gasteiger partial charge in [-0.15, -0.1) is 0 Å². The van der Waals surface area contributed by atoms with Crippen LogP contribution in [0.25, 0.3) is 0 Å². The van der Waals surface area contributed by atoms with Crippen molar-refractivity contribution >= 4 is 11.6 Å². The normalized spacial score (nSPS) is 10.4. The number of carbonyl (C=O) groups is 1. The van der Waals surface area contributed by atoms with Crippen LogP contribution in [0.5, 0.6) is 0 Å². The summed E-state index contributed by atoms with van der Waals surface area (Å²) in [5, 5.41) is 6.03. The van der Waals surface area contributed by atoms with Gasteiger partial charge in [0.2, 0.25) is 0 Å². The summed E-state index contributed by atoms with van der Waals surface area (Å²) in [5.74, 6) is -0.709. The number of hydrogen-bond donors (Lipinski definition) is 2. The number of rotatable bonds is 5. The van der Waals surface area contributed by atoms with Gasteiger partial charge in [0.15, 0.2) is 0 Å². The fraction of sp³-hybridized carbons (Fsp3) is 0.235. The summed E-state index contributed by atoms with van der Waals surface area (Å²) in [6, 6.07) is 11.9. The molecule has 0 radical (unpaired) electrons. The maximum Gasteiger partial charge on any atom is 0.255 e. The molecule has 2 N–H and O–H groups in total. The molecule has 0 aliphatic carbocycles. The number of anilines is 1. The van der Waals surface area contributed by atoms with E-state index >= 15 is 0 Å². The lowest BCUT2D eigenvalue weighted by atomic mass is 10.1. The maximum atomic E-state index is 13.3. The second-order valence-corrected chi connectivity index (χ2v) is 4.95. The minimum absolute atomic E-state index is 0.307. The minimum atomic E-state index is -0.402. The Morgan fingerprint density at radius 3 is 2.71 bits per heavy atom. The Kier molecular flexibility index (Phi) is 5.06. The Labute approximate surface area is 124 Å². The fourth-order valence-electron chi connectivity index (χ4n) is 2.10. The first kappa shape index (κ1) is 15.2. The molecule has 0 aliphatic heterocycles. The van der Waals surface area contributed by atoms with Crippen LogP contribution in [-0.2, 0) is 6.54 Å². The van der Waals surface area contributed by atoms with Gasteiger partial charge in [-0.3, -0.25) is 4.79 Å². The van der Waals surface area contributed by atoms with Gasteiger partial charge in [-0.2, -0.15) is 0 Å². The molecular formula is C17H19FN2O. The fourth-order valence-corrected chi connectivity index (χ4v) is 2.10. The molecule has 4 heteroatoms. The molecule has 0 unspecified atom stereocenters. The van der Waals surface area contributed by atoms with E-state index in [1.165, 1.54) is 12.1 Å². The first-order chi connectivity index (χ1) is 10.1. The third-order valence-electron chi connectivity index (χ3n) is 3.07. The van der Waals surface area contributed by atoms with Crippen molar-refractivity contribution in [3.8, 4) is 0 Å². The molecule has 3 nitrogen and oxygen atoms in total. The number of nitrogens with one attached hydrogen (secondary N) is 2. The van der Waals surface area contributed by atoms with E-state index in [1.807, 2.05) is 31.2 Å². The highest BCUT2D eigenvalue weighted by Crippen LogP contribution is 2.14. The highest BCUT2D eigenvalue weighted by atomic mass is 19.1. The van der Waals surface area contributed by atoms with Gasteiger partial charge < -0.3 is 10.6 Å². The zero-order valence-electron chi connectivity index (χ0n) is 12.2. The lowest BCUT2D eigenvalue weighted by molar-refractivity contribution is 0.102. The van der Waals surface area contributed by atoms with Gasteiger partial charge in [0.1, 0.15) is 5.82 Å². The quantitative estimate of drug-likeness (QED) is 0.883. The molecule has 0 saturated heterocycles. The third kappa shape index (κ3) is 4.39. The third-order valence-corrected chi connectivity index (χ3v) is 3.07. The van der Waals surface area contributed by atoms with Crippen LogP contribution in [-0.4, -0.2) is 12.5 Å². The first-order valence-corrected chi connectivity index (χ1v) is 6.96. The van der Waals surface area contributed by atoms with Crippen LogP contribution >= 0.6 is 0 Å². The summed E-state index contributed by atoms with van der Waals surface area (Å²) in [5.41, 5.74) is 2.84. The number of benzene rings is 2. The predicted molar refractivity (Wildman–Crippen MR) is 82.9 cm³/mol. The van der Waals surface area contributed by atoms with Gasteiger partial charge in [0.25, 0.3) is 5.91 Å². The highest BCUT2D eigenvalue weighted by molar-refractivity contribution is 6.04. The Morgan fingerprint density at radius 1 is 1.19 bits per heavy atom. The van der Waals surface area contributed by atoms with E-state index in [2.05, 4.69) is 10.6 Å². The molecule has 0 saturated carbocycles. The number of aryl methyl sites for hydroxylation is 1. The van der Waals surface area contributed by atoms with E-state index < -0.39 is 5.82 Å². The number of carbonyl (C=O) groups excluding carboxylic acids is 1. The Hall–Kier alpha value is -2.20. The molecule has 2 aromatic rings. The largest absolute Gasteiger partial charge is 0.322 e. The van der Waals surface area contributed by atoms with Crippen LogP contribution < -0.4 is 10.6 Å². The second-order valence-electron chi connectivity index (χ2n) is 4.95. The summed E-state index contributed by atoms with van der Waals surface area (Å²) in [6.45, 7) is 5.44. The molecule has 0 bridgehead atoms.